The van der Waals surface area contributed by atoms with Crippen molar-refractivity contribution in [1.82, 2.24) is 5.32 Å². The number of fused-ring (bicyclic) bond motifs is 1. The van der Waals surface area contributed by atoms with Crippen molar-refractivity contribution in [2.45, 2.75) is 19.4 Å². The summed E-state index contributed by atoms with van der Waals surface area (Å²) in [5.41, 5.74) is 1.18. The fourth-order valence-corrected chi connectivity index (χ4v) is 2.32. The van der Waals surface area contributed by atoms with Crippen LogP contribution >= 0.6 is 15.9 Å². The zero-order valence-corrected chi connectivity index (χ0v) is 11.3. The van der Waals surface area contributed by atoms with Gasteiger partial charge in [-0.05, 0) is 25.1 Å². The molecular weight excluding hydrogens is 280 g/mol. The predicted molar refractivity (Wildman–Crippen MR) is 69.8 cm³/mol. The van der Waals surface area contributed by atoms with Gasteiger partial charge in [-0.3, -0.25) is 0 Å². The van der Waals surface area contributed by atoms with E-state index in [1.807, 2.05) is 19.1 Å². The third-order valence-corrected chi connectivity index (χ3v) is 3.40. The van der Waals surface area contributed by atoms with Crippen LogP contribution in [0.15, 0.2) is 22.7 Å². The van der Waals surface area contributed by atoms with Crippen molar-refractivity contribution in [1.29, 1.82) is 5.26 Å². The van der Waals surface area contributed by atoms with Gasteiger partial charge in [0.15, 0.2) is 0 Å². The molecule has 0 fully saturated rings. The molecule has 3 nitrogen and oxygen atoms in total. The average molecular weight is 295 g/mol. The zero-order chi connectivity index (χ0) is 12.3. The number of ether oxygens (including phenoxy) is 1. The summed E-state index contributed by atoms with van der Waals surface area (Å²) in [6.45, 7) is 3.37. The van der Waals surface area contributed by atoms with Crippen molar-refractivity contribution in [2.24, 2.45) is 5.92 Å². The minimum absolute atomic E-state index is 0.0356. The Labute approximate surface area is 110 Å². The van der Waals surface area contributed by atoms with Crippen molar-refractivity contribution in [2.75, 3.05) is 13.2 Å². The Hall–Kier alpha value is -1.05. The van der Waals surface area contributed by atoms with Gasteiger partial charge < -0.3 is 10.1 Å². The van der Waals surface area contributed by atoms with Gasteiger partial charge in [0.2, 0.25) is 0 Å². The van der Waals surface area contributed by atoms with Crippen LogP contribution in [0, 0.1) is 17.2 Å². The minimum atomic E-state index is 0.0356. The van der Waals surface area contributed by atoms with E-state index < -0.39 is 0 Å². The molecule has 1 aromatic rings. The van der Waals surface area contributed by atoms with Crippen molar-refractivity contribution < 1.29 is 4.74 Å². The molecule has 90 valence electrons. The first-order chi connectivity index (χ1) is 8.20. The molecule has 0 bridgehead atoms. The zero-order valence-electron chi connectivity index (χ0n) is 9.74. The summed E-state index contributed by atoms with van der Waals surface area (Å²) in [7, 11) is 0. The highest BCUT2D eigenvalue weighted by atomic mass is 79.9. The molecule has 0 aliphatic carbocycles. The molecule has 0 amide bonds. The van der Waals surface area contributed by atoms with E-state index in [2.05, 4.69) is 33.4 Å². The first kappa shape index (κ1) is 12.4. The molecular formula is C13H15BrN2O. The molecule has 0 saturated heterocycles. The van der Waals surface area contributed by atoms with Crippen LogP contribution in [-0.2, 0) is 0 Å². The summed E-state index contributed by atoms with van der Waals surface area (Å²) >= 11 is 3.48. The molecule has 1 N–H and O–H groups in total. The van der Waals surface area contributed by atoms with Gasteiger partial charge in [0, 0.05) is 29.0 Å². The van der Waals surface area contributed by atoms with Crippen LogP contribution in [0.5, 0.6) is 5.75 Å². The molecule has 1 aliphatic heterocycles. The molecule has 0 radical (unpaired) electrons. The third kappa shape index (κ3) is 2.99. The Morgan fingerprint density at radius 1 is 1.65 bits per heavy atom. The van der Waals surface area contributed by atoms with Crippen LogP contribution in [-0.4, -0.2) is 13.2 Å². The summed E-state index contributed by atoms with van der Waals surface area (Å²) in [5, 5.41) is 12.2. The summed E-state index contributed by atoms with van der Waals surface area (Å²) in [5.74, 6) is 0.981. The highest BCUT2D eigenvalue weighted by molar-refractivity contribution is 9.10. The van der Waals surface area contributed by atoms with Gasteiger partial charge in [0.25, 0.3) is 0 Å². The fraction of sp³-hybridized carbons (Fsp3) is 0.462. The summed E-state index contributed by atoms with van der Waals surface area (Å²) in [4.78, 5) is 0. The second-order valence-electron chi connectivity index (χ2n) is 4.31. The van der Waals surface area contributed by atoms with Gasteiger partial charge in [-0.1, -0.05) is 15.9 Å². The Bertz CT molecular complexity index is 442. The maximum atomic E-state index is 8.78. The Balaban J connectivity index is 2.11. The molecule has 2 unspecified atom stereocenters. The quantitative estimate of drug-likeness (QED) is 0.932. The van der Waals surface area contributed by atoms with E-state index in [4.69, 9.17) is 10.00 Å². The third-order valence-electron chi connectivity index (χ3n) is 2.90. The number of rotatable bonds is 3. The Morgan fingerprint density at radius 3 is 3.24 bits per heavy atom. The topological polar surface area (TPSA) is 45.0 Å². The average Bonchev–Trinajstić information content (AvgIpc) is 2.35. The second-order valence-corrected chi connectivity index (χ2v) is 5.23. The van der Waals surface area contributed by atoms with Crippen molar-refractivity contribution in [3.63, 3.8) is 0 Å². The van der Waals surface area contributed by atoms with Crippen molar-refractivity contribution >= 4 is 15.9 Å². The summed E-state index contributed by atoms with van der Waals surface area (Å²) in [6, 6.07) is 8.58. The first-order valence-electron chi connectivity index (χ1n) is 5.76. The number of nitriles is 1. The fourth-order valence-electron chi connectivity index (χ4n) is 1.94. The van der Waals surface area contributed by atoms with Crippen LogP contribution in [0.4, 0.5) is 0 Å². The van der Waals surface area contributed by atoms with Crippen LogP contribution in [0.2, 0.25) is 0 Å². The van der Waals surface area contributed by atoms with E-state index in [1.165, 1.54) is 5.56 Å². The lowest BCUT2D eigenvalue weighted by molar-refractivity contribution is 0.251. The van der Waals surface area contributed by atoms with E-state index in [0.717, 1.165) is 23.2 Å². The lowest BCUT2D eigenvalue weighted by Gasteiger charge is -2.27. The second kappa shape index (κ2) is 5.52. The van der Waals surface area contributed by atoms with Crippen LogP contribution in [0.1, 0.15) is 24.9 Å². The number of hydrogen-bond acceptors (Lipinski definition) is 3. The van der Waals surface area contributed by atoms with Gasteiger partial charge in [-0.15, -0.1) is 0 Å². The predicted octanol–water partition coefficient (Wildman–Crippen LogP) is 3.02. The van der Waals surface area contributed by atoms with Crippen LogP contribution < -0.4 is 10.1 Å². The molecule has 0 saturated carbocycles. The molecule has 0 aromatic heterocycles. The van der Waals surface area contributed by atoms with Crippen LogP contribution in [0.25, 0.3) is 0 Å². The van der Waals surface area contributed by atoms with Gasteiger partial charge in [0.1, 0.15) is 5.75 Å². The lowest BCUT2D eigenvalue weighted by atomic mass is 10.00. The van der Waals surface area contributed by atoms with Crippen molar-refractivity contribution in [3.8, 4) is 11.8 Å². The lowest BCUT2D eigenvalue weighted by Crippen LogP contribution is -2.30. The highest BCUT2D eigenvalue weighted by Crippen LogP contribution is 2.34. The summed E-state index contributed by atoms with van der Waals surface area (Å²) < 4.78 is 6.67. The molecule has 0 spiro atoms. The van der Waals surface area contributed by atoms with E-state index >= 15 is 0 Å². The van der Waals surface area contributed by atoms with E-state index in [9.17, 15) is 0 Å². The molecule has 2 rings (SSSR count). The van der Waals surface area contributed by atoms with Gasteiger partial charge in [-0.2, -0.15) is 5.26 Å². The van der Waals surface area contributed by atoms with Crippen molar-refractivity contribution in [3.05, 3.63) is 28.2 Å². The van der Waals surface area contributed by atoms with Gasteiger partial charge in [-0.25, -0.2) is 0 Å². The van der Waals surface area contributed by atoms with E-state index in [0.29, 0.717) is 6.54 Å². The monoisotopic (exact) mass is 294 g/mol. The minimum Gasteiger partial charge on any atom is -0.493 e. The first-order valence-corrected chi connectivity index (χ1v) is 6.55. The molecule has 17 heavy (non-hydrogen) atoms. The number of nitrogens with zero attached hydrogens (tertiary/aromatic N) is 1. The Morgan fingerprint density at radius 2 is 2.47 bits per heavy atom. The smallest absolute Gasteiger partial charge is 0.124 e. The number of nitrogens with one attached hydrogen (secondary N) is 1. The maximum Gasteiger partial charge on any atom is 0.124 e. The standard InChI is InChI=1S/C13H15BrN2O/c1-9(7-15)8-16-12-4-5-17-13-3-2-10(14)6-11(12)13/h2-3,6,9,12,16H,4-5,8H2,1H3. The molecule has 4 heteroatoms. The molecule has 1 aromatic carbocycles. The highest BCUT2D eigenvalue weighted by Gasteiger charge is 2.21. The SMILES string of the molecule is CC(C#N)CNC1CCOc2ccc(Br)cc21. The number of benzene rings is 1. The Kier molecular flexibility index (Phi) is 4.03. The molecule has 2 atom stereocenters. The van der Waals surface area contributed by atoms with E-state index in [1.54, 1.807) is 0 Å². The molecule has 1 heterocycles. The van der Waals surface area contributed by atoms with Crippen LogP contribution in [0.3, 0.4) is 0 Å². The van der Waals surface area contributed by atoms with Gasteiger partial charge >= 0.3 is 0 Å². The summed E-state index contributed by atoms with van der Waals surface area (Å²) in [6.07, 6.45) is 0.946. The largest absolute Gasteiger partial charge is 0.493 e. The number of halogens is 1. The number of hydrogen-bond donors (Lipinski definition) is 1. The molecule has 1 aliphatic rings. The maximum absolute atomic E-state index is 8.78. The van der Waals surface area contributed by atoms with Gasteiger partial charge in [0.05, 0.1) is 18.6 Å². The normalized spacial score (nSPS) is 19.9. The van der Waals surface area contributed by atoms with E-state index in [-0.39, 0.29) is 12.0 Å².